The van der Waals surface area contributed by atoms with E-state index in [1.807, 2.05) is 6.07 Å². The Balaban J connectivity index is 2.08. The lowest BCUT2D eigenvalue weighted by molar-refractivity contribution is 0.556. The third-order valence-corrected chi connectivity index (χ3v) is 5.69. The van der Waals surface area contributed by atoms with Gasteiger partial charge in [0, 0.05) is 41.1 Å². The first-order valence-electron chi connectivity index (χ1n) is 6.57. The lowest BCUT2D eigenvalue weighted by atomic mass is 10.2. The number of nitrogens with one attached hydrogen (secondary N) is 2. The number of fused-ring (bicyclic) bond motifs is 1. The Kier molecular flexibility index (Phi) is 4.82. The summed E-state index contributed by atoms with van der Waals surface area (Å²) in [6.45, 7) is 2.64. The molecule has 1 aromatic rings. The van der Waals surface area contributed by atoms with Gasteiger partial charge in [0.2, 0.25) is 10.0 Å². The van der Waals surface area contributed by atoms with Crippen LogP contribution >= 0.6 is 0 Å². The zero-order chi connectivity index (χ0) is 14.8. The molecule has 2 unspecified atom stereocenters. The fourth-order valence-corrected chi connectivity index (χ4v) is 4.16. The molecule has 1 aromatic carbocycles. The van der Waals surface area contributed by atoms with Crippen LogP contribution in [0, 0.1) is 0 Å². The van der Waals surface area contributed by atoms with Crippen molar-refractivity contribution in [3.05, 3.63) is 23.8 Å². The molecule has 1 heterocycles. The van der Waals surface area contributed by atoms with Gasteiger partial charge in [-0.2, -0.15) is 0 Å². The van der Waals surface area contributed by atoms with Gasteiger partial charge in [0.25, 0.3) is 0 Å². The Morgan fingerprint density at radius 3 is 2.90 bits per heavy atom. The van der Waals surface area contributed by atoms with Crippen LogP contribution in [0.3, 0.4) is 0 Å². The molecule has 0 amide bonds. The molecule has 7 heteroatoms. The van der Waals surface area contributed by atoms with Crippen LogP contribution in [0.15, 0.2) is 23.1 Å². The van der Waals surface area contributed by atoms with E-state index in [2.05, 4.69) is 10.0 Å². The van der Waals surface area contributed by atoms with Crippen LogP contribution < -0.4 is 10.0 Å². The van der Waals surface area contributed by atoms with E-state index in [0.717, 1.165) is 24.2 Å². The van der Waals surface area contributed by atoms with Crippen molar-refractivity contribution < 1.29 is 12.6 Å². The van der Waals surface area contributed by atoms with Crippen molar-refractivity contribution in [2.24, 2.45) is 0 Å². The highest BCUT2D eigenvalue weighted by Crippen LogP contribution is 2.25. The van der Waals surface area contributed by atoms with Gasteiger partial charge >= 0.3 is 0 Å². The second-order valence-corrected chi connectivity index (χ2v) is 8.35. The number of benzene rings is 1. The minimum Gasteiger partial charge on any atom is -0.384 e. The molecule has 0 spiro atoms. The summed E-state index contributed by atoms with van der Waals surface area (Å²) in [6.07, 6.45) is 3.11. The van der Waals surface area contributed by atoms with Crippen LogP contribution in [0.1, 0.15) is 18.9 Å². The molecule has 0 aromatic heterocycles. The van der Waals surface area contributed by atoms with Crippen molar-refractivity contribution in [2.45, 2.75) is 30.7 Å². The fraction of sp³-hybridized carbons (Fsp3) is 0.538. The molecule has 2 N–H and O–H groups in total. The fourth-order valence-electron chi connectivity index (χ4n) is 2.17. The average molecular weight is 316 g/mol. The van der Waals surface area contributed by atoms with E-state index in [-0.39, 0.29) is 10.9 Å². The monoisotopic (exact) mass is 316 g/mol. The first-order chi connectivity index (χ1) is 9.38. The molecule has 5 nitrogen and oxygen atoms in total. The molecule has 0 fully saturated rings. The van der Waals surface area contributed by atoms with Crippen LogP contribution in [-0.2, 0) is 27.2 Å². The van der Waals surface area contributed by atoms with Gasteiger partial charge in [0.05, 0.1) is 4.90 Å². The average Bonchev–Trinajstić information content (AvgIpc) is 2.83. The Hall–Kier alpha value is -0.920. The summed E-state index contributed by atoms with van der Waals surface area (Å²) in [4.78, 5) is 0.273. The zero-order valence-corrected chi connectivity index (χ0v) is 13.3. The van der Waals surface area contributed by atoms with Crippen molar-refractivity contribution in [3.8, 4) is 0 Å². The third kappa shape index (κ3) is 3.80. The van der Waals surface area contributed by atoms with Crippen molar-refractivity contribution in [1.82, 2.24) is 4.72 Å². The van der Waals surface area contributed by atoms with E-state index in [4.69, 9.17) is 0 Å². The first-order valence-corrected chi connectivity index (χ1v) is 9.78. The maximum Gasteiger partial charge on any atom is 0.240 e. The normalized spacial score (nSPS) is 17.3. The number of hydrogen-bond acceptors (Lipinski definition) is 4. The van der Waals surface area contributed by atoms with Crippen molar-refractivity contribution in [3.63, 3.8) is 0 Å². The van der Waals surface area contributed by atoms with Crippen LogP contribution in [0.5, 0.6) is 0 Å². The smallest absolute Gasteiger partial charge is 0.240 e. The third-order valence-electron chi connectivity index (χ3n) is 3.30. The minimum atomic E-state index is -3.52. The molecular weight excluding hydrogens is 296 g/mol. The predicted octanol–water partition coefficient (Wildman–Crippen LogP) is 1.09. The second kappa shape index (κ2) is 6.24. The van der Waals surface area contributed by atoms with Crippen LogP contribution in [0.25, 0.3) is 0 Å². The Morgan fingerprint density at radius 1 is 1.45 bits per heavy atom. The van der Waals surface area contributed by atoms with Gasteiger partial charge in [-0.15, -0.1) is 0 Å². The molecule has 0 bridgehead atoms. The number of anilines is 1. The molecule has 0 radical (unpaired) electrons. The molecule has 20 heavy (non-hydrogen) atoms. The van der Waals surface area contributed by atoms with E-state index in [1.165, 1.54) is 0 Å². The number of sulfonamides is 1. The summed E-state index contributed by atoms with van der Waals surface area (Å²) >= 11 is 0. The highest BCUT2D eigenvalue weighted by atomic mass is 32.2. The highest BCUT2D eigenvalue weighted by Gasteiger charge is 2.20. The Bertz CT molecular complexity index is 614. The summed E-state index contributed by atoms with van der Waals surface area (Å²) in [5.41, 5.74) is 2.05. The zero-order valence-electron chi connectivity index (χ0n) is 11.7. The number of hydrogen-bond donors (Lipinski definition) is 2. The van der Waals surface area contributed by atoms with Crippen LogP contribution in [-0.4, -0.2) is 37.2 Å². The van der Waals surface area contributed by atoms with Crippen LogP contribution in [0.2, 0.25) is 0 Å². The Morgan fingerprint density at radius 2 is 2.20 bits per heavy atom. The molecule has 112 valence electrons. The van der Waals surface area contributed by atoms with Gasteiger partial charge in [0.1, 0.15) is 0 Å². The van der Waals surface area contributed by atoms with Crippen molar-refractivity contribution >= 4 is 26.5 Å². The largest absolute Gasteiger partial charge is 0.384 e. The molecule has 2 atom stereocenters. The van der Waals surface area contributed by atoms with Gasteiger partial charge in [-0.05, 0) is 37.5 Å². The summed E-state index contributed by atoms with van der Waals surface area (Å²) < 4.78 is 38.2. The van der Waals surface area contributed by atoms with E-state index in [0.29, 0.717) is 12.2 Å². The minimum absolute atomic E-state index is 0.231. The predicted molar refractivity (Wildman–Crippen MR) is 82.0 cm³/mol. The molecule has 2 rings (SSSR count). The van der Waals surface area contributed by atoms with Gasteiger partial charge in [-0.1, -0.05) is 6.07 Å². The molecule has 0 saturated carbocycles. The van der Waals surface area contributed by atoms with Gasteiger partial charge in [-0.3, -0.25) is 4.21 Å². The summed E-state index contributed by atoms with van der Waals surface area (Å²) in [5, 5.41) is 3.17. The maximum atomic E-state index is 12.3. The molecule has 1 aliphatic rings. The summed E-state index contributed by atoms with van der Waals surface area (Å²) in [7, 11) is -4.42. The van der Waals surface area contributed by atoms with E-state index < -0.39 is 20.8 Å². The topological polar surface area (TPSA) is 75.3 Å². The molecule has 0 saturated heterocycles. The van der Waals surface area contributed by atoms with Crippen molar-refractivity contribution in [2.75, 3.05) is 23.9 Å². The van der Waals surface area contributed by atoms with Crippen molar-refractivity contribution in [1.29, 1.82) is 0 Å². The lowest BCUT2D eigenvalue weighted by Gasteiger charge is -2.14. The summed E-state index contributed by atoms with van der Waals surface area (Å²) in [5.74, 6) is 0.495. The standard InChI is InChI=1S/C13H20N2O3S2/c1-10(6-8-19(2)16)15-20(17,18)12-4-3-11-5-7-14-13(11)9-12/h3-4,9-10,14-15H,5-8H2,1-2H3. The Labute approximate surface area is 122 Å². The van der Waals surface area contributed by atoms with Crippen LogP contribution in [0.4, 0.5) is 5.69 Å². The second-order valence-electron chi connectivity index (χ2n) is 5.08. The number of rotatable bonds is 6. The lowest BCUT2D eigenvalue weighted by Crippen LogP contribution is -2.33. The van der Waals surface area contributed by atoms with E-state index >= 15 is 0 Å². The highest BCUT2D eigenvalue weighted by molar-refractivity contribution is 7.89. The maximum absolute atomic E-state index is 12.3. The summed E-state index contributed by atoms with van der Waals surface area (Å²) in [6, 6.07) is 4.94. The van der Waals surface area contributed by atoms with Gasteiger partial charge in [-0.25, -0.2) is 13.1 Å². The molecule has 0 aliphatic carbocycles. The first kappa shape index (κ1) is 15.5. The van der Waals surface area contributed by atoms with Gasteiger partial charge < -0.3 is 5.32 Å². The van der Waals surface area contributed by atoms with E-state index in [1.54, 1.807) is 25.3 Å². The quantitative estimate of drug-likeness (QED) is 0.824. The van der Waals surface area contributed by atoms with Gasteiger partial charge in [0.15, 0.2) is 0 Å². The molecule has 1 aliphatic heterocycles. The van der Waals surface area contributed by atoms with E-state index in [9.17, 15) is 12.6 Å². The molecular formula is C13H20N2O3S2. The SMILES string of the molecule is CC(CCS(C)=O)NS(=O)(=O)c1ccc2c(c1)NCC2.